The van der Waals surface area contributed by atoms with E-state index in [-0.39, 0.29) is 11.1 Å². The van der Waals surface area contributed by atoms with E-state index in [2.05, 4.69) is 10.2 Å². The van der Waals surface area contributed by atoms with Gasteiger partial charge in [-0.05, 0) is 48.6 Å². The first-order valence-electron chi connectivity index (χ1n) is 13.8. The van der Waals surface area contributed by atoms with E-state index in [1.54, 1.807) is 0 Å². The molecule has 0 spiro atoms. The Hall–Kier alpha value is -5.61. The number of benzene rings is 2. The molecule has 0 atom stereocenters. The molecule has 1 aliphatic rings. The van der Waals surface area contributed by atoms with Gasteiger partial charge >= 0.3 is 0 Å². The SMILES string of the molecule is CN1N=C(C(=O)Nc2cc(S(=O)(=O)O)ccc2S(=O)(=O)O)/C(=C/C=C\C=C/c2c(C(=O)Nc3cc(S(=O)(=O)O)ccc3S(=O)(=O)O)[nH]n(C)c2=O)C1=O. The number of likely N-dealkylation sites (N-methyl/N-ethyl adjacent to an activating group) is 1. The third kappa shape index (κ3) is 9.07. The number of amides is 3. The number of hydrogen-bond donors (Lipinski definition) is 7. The van der Waals surface area contributed by atoms with Crippen LogP contribution < -0.4 is 16.2 Å². The molecule has 53 heavy (non-hydrogen) atoms. The lowest BCUT2D eigenvalue weighted by atomic mass is 10.1. The third-order valence-corrected chi connectivity index (χ3v) is 10.4. The van der Waals surface area contributed by atoms with E-state index >= 15 is 0 Å². The molecule has 0 unspecified atom stereocenters. The van der Waals surface area contributed by atoms with Crippen LogP contribution in [0.3, 0.4) is 0 Å². The minimum absolute atomic E-state index is 0.332. The molecule has 0 saturated carbocycles. The minimum Gasteiger partial charge on any atom is -0.319 e. The number of nitrogens with zero attached hydrogens (tertiary/aromatic N) is 3. The van der Waals surface area contributed by atoms with Crippen LogP contribution in [0, 0.1) is 0 Å². The van der Waals surface area contributed by atoms with Crippen molar-refractivity contribution in [2.24, 2.45) is 12.1 Å². The number of rotatable bonds is 11. The molecule has 1 aliphatic heterocycles. The van der Waals surface area contributed by atoms with Gasteiger partial charge in [-0.25, -0.2) is 5.01 Å². The normalized spacial score (nSPS) is 15.1. The molecule has 0 bridgehead atoms. The molecule has 0 aliphatic carbocycles. The second-order valence-electron chi connectivity index (χ2n) is 10.5. The monoisotopic (exact) mass is 816 g/mol. The Morgan fingerprint density at radius 1 is 0.717 bits per heavy atom. The second-order valence-corrected chi connectivity index (χ2v) is 16.1. The van der Waals surface area contributed by atoms with Gasteiger partial charge in [-0.15, -0.1) is 0 Å². The quantitative estimate of drug-likeness (QED) is 0.0755. The topological polar surface area (TPSA) is 346 Å². The van der Waals surface area contributed by atoms with E-state index in [1.165, 1.54) is 25.3 Å². The minimum atomic E-state index is -5.04. The fourth-order valence-electron chi connectivity index (χ4n) is 4.46. The molecule has 26 heteroatoms. The predicted octanol–water partition coefficient (Wildman–Crippen LogP) is -0.0850. The molecule has 2 aromatic carbocycles. The average molecular weight is 817 g/mol. The number of aryl methyl sites for hydroxylation is 1. The standard InChI is InChI=1S/C27H24N6O16S4/c1-32-26(36)16(22(30-32)24(34)28-18-12-14(50(38,39)40)8-10-20(18)52(44,45)46)6-4-3-5-7-17-23(31-33(2)27(17)37)25(35)29-19-13-15(51(41,42)43)9-11-21(19)53(47,48)49/h3-13,30H,1-2H3,(H,28,34)(H,29,35)(H,38,39,40)(H,41,42,43)(H,44,45,46)(H,47,48,49)/b5-3-,6-4-,17-7-. The molecule has 3 aromatic rings. The molecule has 0 radical (unpaired) electrons. The molecule has 0 saturated heterocycles. The number of aromatic nitrogens is 2. The molecule has 7 N–H and O–H groups in total. The summed E-state index contributed by atoms with van der Waals surface area (Å²) < 4.78 is 132. The number of nitrogens with one attached hydrogen (secondary N) is 3. The Morgan fingerprint density at radius 2 is 1.21 bits per heavy atom. The number of hydrazone groups is 1. The van der Waals surface area contributed by atoms with Crippen LogP contribution in [0.15, 0.2) is 95.8 Å². The van der Waals surface area contributed by atoms with Crippen molar-refractivity contribution in [1.82, 2.24) is 14.8 Å². The summed E-state index contributed by atoms with van der Waals surface area (Å²) in [5.41, 5.74) is -4.16. The molecular formula is C27H24N6O16S4. The van der Waals surface area contributed by atoms with Gasteiger partial charge in [0.2, 0.25) is 0 Å². The van der Waals surface area contributed by atoms with E-state index in [4.69, 9.17) is 0 Å². The zero-order chi connectivity index (χ0) is 39.8. The highest BCUT2D eigenvalue weighted by atomic mass is 32.2. The summed E-state index contributed by atoms with van der Waals surface area (Å²) >= 11 is 0. The van der Waals surface area contributed by atoms with Crippen LogP contribution in [0.4, 0.5) is 11.4 Å². The molecule has 3 amide bonds. The van der Waals surface area contributed by atoms with Gasteiger partial charge < -0.3 is 10.6 Å². The Bertz CT molecular complexity index is 2720. The number of hydrogen-bond acceptors (Lipinski definition) is 13. The summed E-state index contributed by atoms with van der Waals surface area (Å²) in [6.07, 6.45) is 5.71. The van der Waals surface area contributed by atoms with E-state index < -0.39 is 106 Å². The van der Waals surface area contributed by atoms with Gasteiger partial charge in [0.25, 0.3) is 63.8 Å². The Kier molecular flexibility index (Phi) is 10.9. The first kappa shape index (κ1) is 40.2. The molecule has 282 valence electrons. The zero-order valence-corrected chi connectivity index (χ0v) is 29.8. The van der Waals surface area contributed by atoms with Crippen molar-refractivity contribution in [1.29, 1.82) is 0 Å². The van der Waals surface area contributed by atoms with Crippen LogP contribution in [0.2, 0.25) is 0 Å². The fraction of sp³-hybridized carbons (Fsp3) is 0.0741. The number of aromatic amines is 1. The first-order valence-corrected chi connectivity index (χ1v) is 19.6. The number of allylic oxidation sites excluding steroid dienone is 4. The van der Waals surface area contributed by atoms with Crippen molar-refractivity contribution >= 4 is 81.4 Å². The van der Waals surface area contributed by atoms with E-state index in [9.17, 15) is 71.1 Å². The van der Waals surface area contributed by atoms with Crippen molar-refractivity contribution < 1.29 is 66.3 Å². The van der Waals surface area contributed by atoms with Gasteiger partial charge in [-0.2, -0.15) is 38.8 Å². The largest absolute Gasteiger partial charge is 0.319 e. The molecule has 0 fully saturated rings. The van der Waals surface area contributed by atoms with Gasteiger partial charge in [0, 0.05) is 14.1 Å². The second kappa shape index (κ2) is 14.4. The molecular weight excluding hydrogens is 793 g/mol. The van der Waals surface area contributed by atoms with Gasteiger partial charge in [0.15, 0.2) is 5.71 Å². The maximum Gasteiger partial charge on any atom is 0.296 e. The number of H-pyrrole nitrogens is 1. The van der Waals surface area contributed by atoms with Crippen LogP contribution in [0.25, 0.3) is 6.08 Å². The lowest BCUT2D eigenvalue weighted by molar-refractivity contribution is -0.124. The maximum atomic E-state index is 13.1. The van der Waals surface area contributed by atoms with Crippen LogP contribution in [-0.2, 0) is 57.1 Å². The van der Waals surface area contributed by atoms with E-state index in [1.807, 2.05) is 10.6 Å². The summed E-state index contributed by atoms with van der Waals surface area (Å²) in [4.78, 5) is 48.1. The lowest BCUT2D eigenvalue weighted by Crippen LogP contribution is -2.25. The van der Waals surface area contributed by atoms with Crippen molar-refractivity contribution in [2.45, 2.75) is 19.6 Å². The summed E-state index contributed by atoms with van der Waals surface area (Å²) in [6, 6.07) is 3.58. The molecule has 4 rings (SSSR count). The van der Waals surface area contributed by atoms with E-state index in [0.717, 1.165) is 28.9 Å². The smallest absolute Gasteiger partial charge is 0.296 e. The Labute approximate surface area is 298 Å². The average Bonchev–Trinajstić information content (AvgIpc) is 3.48. The Morgan fingerprint density at radius 3 is 1.68 bits per heavy atom. The van der Waals surface area contributed by atoms with Crippen LogP contribution in [-0.4, -0.2) is 97.2 Å². The molecule has 2 heterocycles. The van der Waals surface area contributed by atoms with Crippen molar-refractivity contribution in [3.8, 4) is 0 Å². The number of anilines is 2. The highest BCUT2D eigenvalue weighted by Crippen LogP contribution is 2.27. The van der Waals surface area contributed by atoms with Crippen molar-refractivity contribution in [2.75, 3.05) is 17.7 Å². The molecule has 22 nitrogen and oxygen atoms in total. The maximum absolute atomic E-state index is 13.1. The van der Waals surface area contributed by atoms with E-state index in [0.29, 0.717) is 36.4 Å². The van der Waals surface area contributed by atoms with Crippen LogP contribution in [0.1, 0.15) is 16.1 Å². The number of carbonyl (C=O) groups is 3. The highest BCUT2D eigenvalue weighted by molar-refractivity contribution is 7.87. The van der Waals surface area contributed by atoms with Gasteiger partial charge in [-0.1, -0.05) is 18.2 Å². The van der Waals surface area contributed by atoms with Crippen molar-refractivity contribution in [3.05, 3.63) is 87.9 Å². The predicted molar refractivity (Wildman–Crippen MR) is 181 cm³/mol. The third-order valence-electron chi connectivity index (χ3n) is 6.85. The van der Waals surface area contributed by atoms with Gasteiger partial charge in [0.1, 0.15) is 15.5 Å². The summed E-state index contributed by atoms with van der Waals surface area (Å²) in [5.74, 6) is -3.29. The molecule has 1 aromatic heterocycles. The Balaban J connectivity index is 1.62. The van der Waals surface area contributed by atoms with Crippen LogP contribution >= 0.6 is 0 Å². The number of carbonyl (C=O) groups excluding carboxylic acids is 3. The summed E-state index contributed by atoms with van der Waals surface area (Å²) in [7, 11) is -17.5. The van der Waals surface area contributed by atoms with Crippen molar-refractivity contribution in [3.63, 3.8) is 0 Å². The fourth-order valence-corrected chi connectivity index (χ4v) is 6.72. The summed E-state index contributed by atoms with van der Waals surface area (Å²) in [5, 5.41) is 11.0. The zero-order valence-electron chi connectivity index (χ0n) is 26.5. The van der Waals surface area contributed by atoms with Gasteiger partial charge in [-0.3, -0.25) is 47.2 Å². The first-order chi connectivity index (χ1) is 24.3. The highest BCUT2D eigenvalue weighted by Gasteiger charge is 2.33. The lowest BCUT2D eigenvalue weighted by Gasteiger charge is -2.10. The van der Waals surface area contributed by atoms with Crippen LogP contribution in [0.5, 0.6) is 0 Å². The van der Waals surface area contributed by atoms with Gasteiger partial charge in [0.05, 0.1) is 32.3 Å². The summed E-state index contributed by atoms with van der Waals surface area (Å²) in [6.45, 7) is 0.